The summed E-state index contributed by atoms with van der Waals surface area (Å²) in [4.78, 5) is 38.5. The SMILES string of the molecule is CC(C)c1nn(CC(=O)Nc2cnc3nccn3c2)c(=O)c2sc(C3CC3)nc12. The van der Waals surface area contributed by atoms with Gasteiger partial charge in [0.1, 0.15) is 16.8 Å². The molecule has 0 spiro atoms. The quantitative estimate of drug-likeness (QED) is 0.543. The maximum Gasteiger partial charge on any atom is 0.286 e. The van der Waals surface area contributed by atoms with Crippen molar-refractivity contribution in [2.45, 2.75) is 45.1 Å². The Hall–Kier alpha value is -3.14. The number of rotatable bonds is 5. The van der Waals surface area contributed by atoms with E-state index < -0.39 is 0 Å². The summed E-state index contributed by atoms with van der Waals surface area (Å²) >= 11 is 1.44. The first-order valence-electron chi connectivity index (χ1n) is 9.49. The van der Waals surface area contributed by atoms with Crippen molar-refractivity contribution in [3.8, 4) is 0 Å². The number of fused-ring (bicyclic) bond motifs is 2. The molecule has 1 fully saturated rings. The molecule has 4 heterocycles. The predicted molar refractivity (Wildman–Crippen MR) is 109 cm³/mol. The molecule has 5 rings (SSSR count). The molecule has 1 aliphatic rings. The van der Waals surface area contributed by atoms with E-state index in [0.717, 1.165) is 23.5 Å². The van der Waals surface area contributed by atoms with Crippen LogP contribution in [0.3, 0.4) is 0 Å². The number of nitrogens with zero attached hydrogens (tertiary/aromatic N) is 6. The summed E-state index contributed by atoms with van der Waals surface area (Å²) in [7, 11) is 0. The van der Waals surface area contributed by atoms with Gasteiger partial charge >= 0.3 is 0 Å². The highest BCUT2D eigenvalue weighted by Crippen LogP contribution is 2.43. The van der Waals surface area contributed by atoms with Crippen LogP contribution in [-0.2, 0) is 11.3 Å². The fourth-order valence-corrected chi connectivity index (χ4v) is 4.40. The van der Waals surface area contributed by atoms with Gasteiger partial charge in [0, 0.05) is 24.5 Å². The van der Waals surface area contributed by atoms with E-state index in [2.05, 4.69) is 20.4 Å². The van der Waals surface area contributed by atoms with Crippen LogP contribution in [0.1, 0.15) is 49.2 Å². The highest BCUT2D eigenvalue weighted by atomic mass is 32.1. The Labute approximate surface area is 169 Å². The van der Waals surface area contributed by atoms with Gasteiger partial charge < -0.3 is 5.32 Å². The normalized spacial score (nSPS) is 14.2. The third-order valence-corrected chi connectivity index (χ3v) is 6.05. The van der Waals surface area contributed by atoms with Crippen molar-refractivity contribution >= 4 is 38.9 Å². The second-order valence-corrected chi connectivity index (χ2v) is 8.56. The van der Waals surface area contributed by atoms with Gasteiger partial charge in [-0.15, -0.1) is 11.3 Å². The molecule has 1 amide bonds. The summed E-state index contributed by atoms with van der Waals surface area (Å²) in [5, 5.41) is 8.24. The first-order valence-corrected chi connectivity index (χ1v) is 10.3. The molecule has 0 atom stereocenters. The molecule has 148 valence electrons. The number of thiazole rings is 1. The number of aromatic nitrogens is 6. The first-order chi connectivity index (χ1) is 14.0. The van der Waals surface area contributed by atoms with Gasteiger partial charge in [0.25, 0.3) is 5.56 Å². The van der Waals surface area contributed by atoms with Crippen molar-refractivity contribution in [3.05, 3.63) is 45.8 Å². The number of amides is 1. The van der Waals surface area contributed by atoms with Crippen LogP contribution in [0, 0.1) is 0 Å². The van der Waals surface area contributed by atoms with Gasteiger partial charge in [-0.1, -0.05) is 13.8 Å². The van der Waals surface area contributed by atoms with Crippen molar-refractivity contribution in [1.29, 1.82) is 0 Å². The molecule has 10 heteroatoms. The number of carbonyl (C=O) groups excluding carboxylic acids is 1. The predicted octanol–water partition coefficient (Wildman–Crippen LogP) is 2.54. The van der Waals surface area contributed by atoms with Crippen LogP contribution in [0.4, 0.5) is 5.69 Å². The lowest BCUT2D eigenvalue weighted by molar-refractivity contribution is -0.117. The van der Waals surface area contributed by atoms with E-state index in [1.807, 2.05) is 13.8 Å². The fourth-order valence-electron chi connectivity index (χ4n) is 3.21. The highest BCUT2D eigenvalue weighted by Gasteiger charge is 2.29. The van der Waals surface area contributed by atoms with Crippen LogP contribution in [0.15, 0.2) is 29.6 Å². The molecule has 0 aromatic carbocycles. The van der Waals surface area contributed by atoms with Gasteiger partial charge in [-0.2, -0.15) is 5.10 Å². The van der Waals surface area contributed by atoms with E-state index in [1.165, 1.54) is 22.2 Å². The van der Waals surface area contributed by atoms with E-state index in [-0.39, 0.29) is 23.9 Å². The molecule has 0 radical (unpaired) electrons. The molecule has 1 aliphatic carbocycles. The summed E-state index contributed by atoms with van der Waals surface area (Å²) in [5.74, 6) is 0.759. The Bertz CT molecular complexity index is 1300. The zero-order valence-electron chi connectivity index (χ0n) is 16.0. The Kier molecular flexibility index (Phi) is 4.16. The number of anilines is 1. The number of carbonyl (C=O) groups is 1. The molecule has 0 bridgehead atoms. The monoisotopic (exact) mass is 409 g/mol. The van der Waals surface area contributed by atoms with Crippen molar-refractivity contribution in [2.75, 3.05) is 5.32 Å². The fraction of sp³-hybridized carbons (Fsp3) is 0.368. The van der Waals surface area contributed by atoms with Crippen LogP contribution < -0.4 is 10.9 Å². The summed E-state index contributed by atoms with van der Waals surface area (Å²) < 4.78 is 3.53. The molecule has 0 saturated heterocycles. The average Bonchev–Trinajstić information content (AvgIpc) is 3.26. The van der Waals surface area contributed by atoms with E-state index in [1.54, 1.807) is 23.0 Å². The lowest BCUT2D eigenvalue weighted by Gasteiger charge is -2.10. The van der Waals surface area contributed by atoms with Crippen molar-refractivity contribution < 1.29 is 4.79 Å². The van der Waals surface area contributed by atoms with Crippen molar-refractivity contribution in [2.24, 2.45) is 0 Å². The maximum absolute atomic E-state index is 13.0. The second-order valence-electron chi connectivity index (χ2n) is 7.53. The van der Waals surface area contributed by atoms with E-state index in [4.69, 9.17) is 4.98 Å². The van der Waals surface area contributed by atoms with Crippen LogP contribution in [-0.4, -0.2) is 35.0 Å². The zero-order chi connectivity index (χ0) is 20.1. The summed E-state index contributed by atoms with van der Waals surface area (Å²) in [5.41, 5.74) is 1.68. The number of nitrogens with one attached hydrogen (secondary N) is 1. The summed E-state index contributed by atoms with van der Waals surface area (Å²) in [6.45, 7) is 3.85. The molecular weight excluding hydrogens is 390 g/mol. The maximum atomic E-state index is 13.0. The van der Waals surface area contributed by atoms with Gasteiger partial charge in [0.05, 0.1) is 22.6 Å². The molecule has 1 saturated carbocycles. The Morgan fingerprint density at radius 1 is 1.34 bits per heavy atom. The minimum Gasteiger partial charge on any atom is -0.322 e. The molecule has 0 unspecified atom stereocenters. The Morgan fingerprint density at radius 2 is 2.17 bits per heavy atom. The zero-order valence-corrected chi connectivity index (χ0v) is 16.8. The second kappa shape index (κ2) is 6.73. The van der Waals surface area contributed by atoms with Crippen LogP contribution in [0.2, 0.25) is 0 Å². The third-order valence-electron chi connectivity index (χ3n) is 4.84. The Balaban J connectivity index is 1.46. The van der Waals surface area contributed by atoms with Gasteiger partial charge in [-0.3, -0.25) is 14.0 Å². The smallest absolute Gasteiger partial charge is 0.286 e. The summed E-state index contributed by atoms with van der Waals surface area (Å²) in [6.07, 6.45) is 8.87. The van der Waals surface area contributed by atoms with Gasteiger partial charge in [0.15, 0.2) is 0 Å². The van der Waals surface area contributed by atoms with Crippen LogP contribution >= 0.6 is 11.3 Å². The minimum absolute atomic E-state index is 0.0920. The molecule has 9 nitrogen and oxygen atoms in total. The lowest BCUT2D eigenvalue weighted by Crippen LogP contribution is -2.30. The number of hydrogen-bond acceptors (Lipinski definition) is 7. The van der Waals surface area contributed by atoms with E-state index >= 15 is 0 Å². The summed E-state index contributed by atoms with van der Waals surface area (Å²) in [6, 6.07) is 0. The van der Waals surface area contributed by atoms with Crippen LogP contribution in [0.5, 0.6) is 0 Å². The standard InChI is InChI=1S/C19H19N7O2S/c1-10(2)14-15-16(29-17(23-15)11-3-4-11)18(28)26(24-14)9-13(27)22-12-7-21-19-20-5-6-25(19)8-12/h5-8,10-11H,3-4,9H2,1-2H3,(H,22,27). The third kappa shape index (κ3) is 3.29. The molecule has 4 aromatic rings. The van der Waals surface area contributed by atoms with Gasteiger partial charge in [-0.05, 0) is 18.8 Å². The van der Waals surface area contributed by atoms with Gasteiger partial charge in [0.2, 0.25) is 11.7 Å². The van der Waals surface area contributed by atoms with Crippen LogP contribution in [0.25, 0.3) is 16.0 Å². The largest absolute Gasteiger partial charge is 0.322 e. The topological polar surface area (TPSA) is 107 Å². The molecular formula is C19H19N7O2S. The molecule has 0 aliphatic heterocycles. The molecule has 29 heavy (non-hydrogen) atoms. The number of hydrogen-bond donors (Lipinski definition) is 1. The molecule has 4 aromatic heterocycles. The number of imidazole rings is 1. The van der Waals surface area contributed by atoms with E-state index in [9.17, 15) is 9.59 Å². The average molecular weight is 409 g/mol. The van der Waals surface area contributed by atoms with Crippen molar-refractivity contribution in [3.63, 3.8) is 0 Å². The Morgan fingerprint density at radius 3 is 2.93 bits per heavy atom. The molecule has 1 N–H and O–H groups in total. The van der Waals surface area contributed by atoms with Crippen molar-refractivity contribution in [1.82, 2.24) is 29.1 Å². The minimum atomic E-state index is -0.346. The first kappa shape index (κ1) is 17.9. The van der Waals surface area contributed by atoms with E-state index in [0.29, 0.717) is 27.6 Å². The lowest BCUT2D eigenvalue weighted by atomic mass is 10.1. The highest BCUT2D eigenvalue weighted by molar-refractivity contribution is 7.18. The van der Waals surface area contributed by atoms with Gasteiger partial charge in [-0.25, -0.2) is 19.6 Å².